The van der Waals surface area contributed by atoms with Gasteiger partial charge in [-0.2, -0.15) is 0 Å². The Hall–Kier alpha value is -0.610. The zero-order valence-electron chi connectivity index (χ0n) is 12.4. The lowest BCUT2D eigenvalue weighted by atomic mass is 9.93. The van der Waals surface area contributed by atoms with Crippen molar-refractivity contribution in [1.29, 1.82) is 0 Å². The van der Waals surface area contributed by atoms with Crippen LogP contribution in [0, 0.1) is 0 Å². The Labute approximate surface area is 111 Å². The first-order valence-electron chi connectivity index (χ1n) is 6.96. The van der Waals surface area contributed by atoms with E-state index in [1.54, 1.807) is 0 Å². The van der Waals surface area contributed by atoms with Crippen molar-refractivity contribution >= 4 is 5.91 Å². The van der Waals surface area contributed by atoms with Crippen molar-refractivity contribution in [3.63, 3.8) is 0 Å². The van der Waals surface area contributed by atoms with Gasteiger partial charge in [0.2, 0.25) is 5.91 Å². The van der Waals surface area contributed by atoms with Crippen LogP contribution in [-0.2, 0) is 9.53 Å². The number of rotatable bonds is 4. The van der Waals surface area contributed by atoms with Gasteiger partial charge in [0.1, 0.15) is 6.10 Å². The average molecular weight is 256 g/mol. The summed E-state index contributed by atoms with van der Waals surface area (Å²) in [5, 5.41) is 6.25. The highest BCUT2D eigenvalue weighted by molar-refractivity contribution is 5.81. The SMILES string of the molecule is CNC1CCC(OC(C)C(=O)NC(C)(C)C)CC1. The van der Waals surface area contributed by atoms with E-state index >= 15 is 0 Å². The Morgan fingerprint density at radius 2 is 1.78 bits per heavy atom. The number of carbonyl (C=O) groups excluding carboxylic acids is 1. The highest BCUT2D eigenvalue weighted by Gasteiger charge is 2.26. The Kier molecular flexibility index (Phi) is 5.60. The van der Waals surface area contributed by atoms with E-state index in [1.807, 2.05) is 34.7 Å². The van der Waals surface area contributed by atoms with Crippen LogP contribution in [0.5, 0.6) is 0 Å². The van der Waals surface area contributed by atoms with Crippen LogP contribution in [0.25, 0.3) is 0 Å². The molecule has 0 aromatic rings. The van der Waals surface area contributed by atoms with Crippen LogP contribution in [0.2, 0.25) is 0 Å². The van der Waals surface area contributed by atoms with Crippen LogP contribution >= 0.6 is 0 Å². The highest BCUT2D eigenvalue weighted by Crippen LogP contribution is 2.22. The van der Waals surface area contributed by atoms with Gasteiger partial charge in [0, 0.05) is 11.6 Å². The van der Waals surface area contributed by atoms with Gasteiger partial charge in [0.25, 0.3) is 0 Å². The van der Waals surface area contributed by atoms with E-state index in [-0.39, 0.29) is 23.7 Å². The Bertz CT molecular complexity index is 265. The van der Waals surface area contributed by atoms with Crippen LogP contribution < -0.4 is 10.6 Å². The van der Waals surface area contributed by atoms with Crippen LogP contribution in [0.1, 0.15) is 53.4 Å². The van der Waals surface area contributed by atoms with Crippen molar-refractivity contribution in [3.8, 4) is 0 Å². The molecule has 0 aromatic heterocycles. The molecule has 1 aliphatic carbocycles. The zero-order chi connectivity index (χ0) is 13.8. The summed E-state index contributed by atoms with van der Waals surface area (Å²) in [4.78, 5) is 11.9. The van der Waals surface area contributed by atoms with Crippen molar-refractivity contribution in [2.24, 2.45) is 0 Å². The second-order valence-corrected chi connectivity index (χ2v) is 6.28. The molecule has 4 nitrogen and oxygen atoms in total. The normalized spacial score (nSPS) is 26.7. The van der Waals surface area contributed by atoms with Gasteiger partial charge in [-0.3, -0.25) is 4.79 Å². The second kappa shape index (κ2) is 6.53. The van der Waals surface area contributed by atoms with Crippen molar-refractivity contribution in [2.75, 3.05) is 7.05 Å². The third-order valence-electron chi connectivity index (χ3n) is 3.35. The van der Waals surface area contributed by atoms with Crippen molar-refractivity contribution in [2.45, 2.75) is 77.2 Å². The molecule has 0 radical (unpaired) electrons. The molecule has 1 saturated carbocycles. The molecule has 1 aliphatic rings. The number of hydrogen-bond donors (Lipinski definition) is 2. The fraction of sp³-hybridized carbons (Fsp3) is 0.929. The summed E-state index contributed by atoms with van der Waals surface area (Å²) in [6.45, 7) is 7.78. The molecule has 4 heteroatoms. The fourth-order valence-electron chi connectivity index (χ4n) is 2.31. The molecule has 0 aliphatic heterocycles. The standard InChI is InChI=1S/C14H28N2O2/c1-10(13(17)16-14(2,3)4)18-12-8-6-11(15-5)7-9-12/h10-12,15H,6-9H2,1-5H3,(H,16,17). The van der Waals surface area contributed by atoms with Crippen LogP contribution in [0.4, 0.5) is 0 Å². The maximum Gasteiger partial charge on any atom is 0.249 e. The van der Waals surface area contributed by atoms with Gasteiger partial charge >= 0.3 is 0 Å². The molecule has 1 rings (SSSR count). The van der Waals surface area contributed by atoms with Crippen molar-refractivity contribution in [3.05, 3.63) is 0 Å². The summed E-state index contributed by atoms with van der Waals surface area (Å²) in [5.41, 5.74) is -0.196. The monoisotopic (exact) mass is 256 g/mol. The molecule has 0 saturated heterocycles. The lowest BCUT2D eigenvalue weighted by Crippen LogP contribution is -2.47. The summed E-state index contributed by atoms with van der Waals surface area (Å²) < 4.78 is 5.85. The van der Waals surface area contributed by atoms with E-state index in [9.17, 15) is 4.79 Å². The molecule has 0 heterocycles. The number of carbonyl (C=O) groups is 1. The minimum Gasteiger partial charge on any atom is -0.365 e. The highest BCUT2D eigenvalue weighted by atomic mass is 16.5. The molecular formula is C14H28N2O2. The van der Waals surface area contributed by atoms with Gasteiger partial charge in [-0.15, -0.1) is 0 Å². The predicted octanol–water partition coefficient (Wildman–Crippen LogP) is 1.84. The zero-order valence-corrected chi connectivity index (χ0v) is 12.4. The summed E-state index contributed by atoms with van der Waals surface area (Å²) in [5.74, 6) is -0.0155. The van der Waals surface area contributed by atoms with E-state index < -0.39 is 0 Å². The van der Waals surface area contributed by atoms with E-state index in [2.05, 4.69) is 10.6 Å². The first-order valence-corrected chi connectivity index (χ1v) is 6.96. The molecule has 18 heavy (non-hydrogen) atoms. The number of amides is 1. The second-order valence-electron chi connectivity index (χ2n) is 6.28. The van der Waals surface area contributed by atoms with Crippen LogP contribution in [-0.4, -0.2) is 36.7 Å². The summed E-state index contributed by atoms with van der Waals surface area (Å²) in [6.07, 6.45) is 4.22. The smallest absolute Gasteiger partial charge is 0.249 e. The molecule has 1 unspecified atom stereocenters. The number of ether oxygens (including phenoxy) is 1. The van der Waals surface area contributed by atoms with Gasteiger partial charge in [0.05, 0.1) is 6.10 Å². The largest absolute Gasteiger partial charge is 0.365 e. The quantitative estimate of drug-likeness (QED) is 0.807. The van der Waals surface area contributed by atoms with E-state index in [0.29, 0.717) is 6.04 Å². The van der Waals surface area contributed by atoms with Crippen molar-refractivity contribution in [1.82, 2.24) is 10.6 Å². The molecule has 106 valence electrons. The molecule has 1 fully saturated rings. The average Bonchev–Trinajstić information content (AvgIpc) is 2.27. The van der Waals surface area contributed by atoms with Crippen molar-refractivity contribution < 1.29 is 9.53 Å². The Balaban J connectivity index is 2.32. The molecule has 0 bridgehead atoms. The Morgan fingerprint density at radius 3 is 2.22 bits per heavy atom. The first-order chi connectivity index (χ1) is 8.31. The van der Waals surface area contributed by atoms with Gasteiger partial charge < -0.3 is 15.4 Å². The summed E-state index contributed by atoms with van der Waals surface area (Å²) >= 11 is 0. The minimum absolute atomic E-state index is 0.0155. The third kappa shape index (κ3) is 5.36. The summed E-state index contributed by atoms with van der Waals surface area (Å²) in [7, 11) is 2.01. The predicted molar refractivity (Wildman–Crippen MR) is 73.5 cm³/mol. The number of hydrogen-bond acceptors (Lipinski definition) is 3. The van der Waals surface area contributed by atoms with E-state index in [4.69, 9.17) is 4.74 Å². The van der Waals surface area contributed by atoms with Crippen LogP contribution in [0.15, 0.2) is 0 Å². The molecule has 1 amide bonds. The van der Waals surface area contributed by atoms with Gasteiger partial charge in [0.15, 0.2) is 0 Å². The third-order valence-corrected chi connectivity index (χ3v) is 3.35. The number of nitrogens with one attached hydrogen (secondary N) is 2. The molecular weight excluding hydrogens is 228 g/mol. The lowest BCUT2D eigenvalue weighted by molar-refractivity contribution is -0.138. The first kappa shape index (κ1) is 15.4. The maximum absolute atomic E-state index is 11.9. The molecule has 2 N–H and O–H groups in total. The topological polar surface area (TPSA) is 50.4 Å². The van der Waals surface area contributed by atoms with Gasteiger partial charge in [-0.05, 0) is 60.4 Å². The van der Waals surface area contributed by atoms with Gasteiger partial charge in [-0.1, -0.05) is 0 Å². The van der Waals surface area contributed by atoms with Gasteiger partial charge in [-0.25, -0.2) is 0 Å². The summed E-state index contributed by atoms with van der Waals surface area (Å²) in [6, 6.07) is 0.614. The minimum atomic E-state index is -0.361. The Morgan fingerprint density at radius 1 is 1.22 bits per heavy atom. The van der Waals surface area contributed by atoms with Crippen LogP contribution in [0.3, 0.4) is 0 Å². The molecule has 0 spiro atoms. The maximum atomic E-state index is 11.9. The fourth-order valence-corrected chi connectivity index (χ4v) is 2.31. The lowest BCUT2D eigenvalue weighted by Gasteiger charge is -2.31. The van der Waals surface area contributed by atoms with E-state index in [1.165, 1.54) is 0 Å². The van der Waals surface area contributed by atoms with E-state index in [0.717, 1.165) is 25.7 Å². The molecule has 1 atom stereocenters. The molecule has 0 aromatic carbocycles.